The van der Waals surface area contributed by atoms with Gasteiger partial charge in [0.05, 0.1) is 6.61 Å². The summed E-state index contributed by atoms with van der Waals surface area (Å²) in [4.78, 5) is 17.4. The quantitative estimate of drug-likeness (QED) is 0.612. The number of carbonyl (C=O) groups is 1. The second-order valence-corrected chi connectivity index (χ2v) is 8.82. The molecule has 0 aromatic heterocycles. The van der Waals surface area contributed by atoms with Crippen LogP contribution in [0.25, 0.3) is 0 Å². The minimum Gasteiger partial charge on any atom is -0.493 e. The molecule has 1 fully saturated rings. The number of likely N-dealkylation sites (N-methyl/N-ethyl adjacent to an activating group) is 1. The van der Waals surface area contributed by atoms with Crippen LogP contribution in [0.2, 0.25) is 0 Å². The highest BCUT2D eigenvalue weighted by molar-refractivity contribution is 5.94. The van der Waals surface area contributed by atoms with Crippen molar-refractivity contribution in [3.8, 4) is 5.75 Å². The highest BCUT2D eigenvalue weighted by Crippen LogP contribution is 2.30. The lowest BCUT2D eigenvalue weighted by molar-refractivity contribution is 0.0737. The first-order chi connectivity index (χ1) is 14.6. The summed E-state index contributed by atoms with van der Waals surface area (Å²) in [5.74, 6) is 1.67. The number of rotatable bonds is 9. The van der Waals surface area contributed by atoms with Crippen molar-refractivity contribution in [3.05, 3.63) is 64.7 Å². The number of nitrogens with zero attached hydrogens (tertiary/aromatic N) is 2. The summed E-state index contributed by atoms with van der Waals surface area (Å²) < 4.78 is 5.79. The summed E-state index contributed by atoms with van der Waals surface area (Å²) in [7, 11) is 1.94. The maximum absolute atomic E-state index is 13.0. The van der Waals surface area contributed by atoms with E-state index in [1.165, 1.54) is 29.5 Å². The lowest BCUT2D eigenvalue weighted by Gasteiger charge is -2.24. The number of ether oxygens (including phenoxy) is 1. The Bertz CT molecular complexity index is 869. The van der Waals surface area contributed by atoms with Gasteiger partial charge in [-0.1, -0.05) is 32.0 Å². The fraction of sp³-hybridized carbons (Fsp3) is 0.500. The molecule has 0 spiro atoms. The van der Waals surface area contributed by atoms with Crippen LogP contribution in [-0.2, 0) is 19.4 Å². The van der Waals surface area contributed by atoms with Gasteiger partial charge in [0.25, 0.3) is 5.91 Å². The minimum absolute atomic E-state index is 0.0879. The van der Waals surface area contributed by atoms with Crippen molar-refractivity contribution < 1.29 is 9.53 Å². The first kappa shape index (κ1) is 20.9. The van der Waals surface area contributed by atoms with Gasteiger partial charge in [0.2, 0.25) is 0 Å². The van der Waals surface area contributed by atoms with Crippen molar-refractivity contribution in [1.82, 2.24) is 9.80 Å². The molecule has 0 N–H and O–H groups in total. The minimum atomic E-state index is 0.0879. The molecule has 0 unspecified atom stereocenters. The first-order valence-electron chi connectivity index (χ1n) is 11.4. The molecule has 2 aliphatic carbocycles. The van der Waals surface area contributed by atoms with Gasteiger partial charge in [0, 0.05) is 25.2 Å². The van der Waals surface area contributed by atoms with E-state index < -0.39 is 0 Å². The van der Waals surface area contributed by atoms with Crippen LogP contribution in [0.3, 0.4) is 0 Å². The average Bonchev–Trinajstić information content (AvgIpc) is 3.52. The fourth-order valence-electron chi connectivity index (χ4n) is 4.29. The van der Waals surface area contributed by atoms with Crippen molar-refractivity contribution >= 4 is 5.91 Å². The largest absolute Gasteiger partial charge is 0.493 e. The normalized spacial score (nSPS) is 17.8. The lowest BCUT2D eigenvalue weighted by atomic mass is 10.1. The summed E-state index contributed by atoms with van der Waals surface area (Å²) in [6.07, 6.45) is 4.43. The Morgan fingerprint density at radius 3 is 2.37 bits per heavy atom. The standard InChI is InChI=1S/C26H34N2O2/c1-4-28(5-2)17-20-8-9-22-15-24(16-23(22)14-20)27(3)26(29)21-10-12-25(13-11-21)30-18-19-6-7-19/h8-14,19,24H,4-7,15-18H2,1-3H3/t24-/m1/s1. The third-order valence-corrected chi connectivity index (χ3v) is 6.63. The van der Waals surface area contributed by atoms with E-state index in [4.69, 9.17) is 4.74 Å². The zero-order chi connectivity index (χ0) is 21.1. The molecule has 4 nitrogen and oxygen atoms in total. The summed E-state index contributed by atoms with van der Waals surface area (Å²) >= 11 is 0. The molecule has 0 heterocycles. The molecule has 1 saturated carbocycles. The lowest BCUT2D eigenvalue weighted by Crippen LogP contribution is -2.37. The summed E-state index contributed by atoms with van der Waals surface area (Å²) in [5.41, 5.74) is 4.88. The van der Waals surface area contributed by atoms with Crippen molar-refractivity contribution in [3.63, 3.8) is 0 Å². The van der Waals surface area contributed by atoms with Gasteiger partial charge in [0.15, 0.2) is 0 Å². The van der Waals surface area contributed by atoms with Crippen molar-refractivity contribution in [2.24, 2.45) is 5.92 Å². The third kappa shape index (κ3) is 4.86. The number of amides is 1. The van der Waals surface area contributed by atoms with E-state index in [2.05, 4.69) is 36.9 Å². The molecular formula is C26H34N2O2. The molecule has 0 radical (unpaired) electrons. The predicted molar refractivity (Wildman–Crippen MR) is 121 cm³/mol. The topological polar surface area (TPSA) is 32.8 Å². The molecule has 0 saturated heterocycles. The molecule has 2 aliphatic rings. The van der Waals surface area contributed by atoms with Gasteiger partial charge >= 0.3 is 0 Å². The van der Waals surface area contributed by atoms with Gasteiger partial charge in [0.1, 0.15) is 5.75 Å². The molecule has 4 rings (SSSR count). The van der Waals surface area contributed by atoms with Crippen LogP contribution < -0.4 is 4.74 Å². The summed E-state index contributed by atoms with van der Waals surface area (Å²) in [5, 5.41) is 0. The van der Waals surface area contributed by atoms with E-state index in [0.29, 0.717) is 0 Å². The van der Waals surface area contributed by atoms with Crippen LogP contribution in [0.1, 0.15) is 53.7 Å². The van der Waals surface area contributed by atoms with Gasteiger partial charge in [-0.15, -0.1) is 0 Å². The highest BCUT2D eigenvalue weighted by atomic mass is 16.5. The van der Waals surface area contributed by atoms with Crippen molar-refractivity contribution in [1.29, 1.82) is 0 Å². The zero-order valence-electron chi connectivity index (χ0n) is 18.6. The summed E-state index contributed by atoms with van der Waals surface area (Å²) in [6.45, 7) is 8.34. The molecule has 2 aromatic carbocycles. The second kappa shape index (κ2) is 9.22. The molecule has 1 amide bonds. The zero-order valence-corrected chi connectivity index (χ0v) is 18.6. The van der Waals surface area contributed by atoms with E-state index in [-0.39, 0.29) is 11.9 Å². The van der Waals surface area contributed by atoms with Crippen LogP contribution >= 0.6 is 0 Å². The highest BCUT2D eigenvalue weighted by Gasteiger charge is 2.28. The SMILES string of the molecule is CCN(CC)Cc1ccc2c(c1)C[C@H](N(C)C(=O)c1ccc(OCC3CC3)cc1)C2. The van der Waals surface area contributed by atoms with Crippen molar-refractivity contribution in [2.75, 3.05) is 26.7 Å². The van der Waals surface area contributed by atoms with Crippen LogP contribution in [0.5, 0.6) is 5.75 Å². The van der Waals surface area contributed by atoms with Crippen LogP contribution in [0.4, 0.5) is 0 Å². The Labute approximate surface area is 180 Å². The number of hydrogen-bond acceptors (Lipinski definition) is 3. The Morgan fingerprint density at radius 1 is 1.00 bits per heavy atom. The van der Waals surface area contributed by atoms with E-state index in [0.717, 1.165) is 56.3 Å². The maximum Gasteiger partial charge on any atom is 0.253 e. The van der Waals surface area contributed by atoms with Crippen LogP contribution in [0.15, 0.2) is 42.5 Å². The van der Waals surface area contributed by atoms with Crippen LogP contribution in [-0.4, -0.2) is 48.5 Å². The number of fused-ring (bicyclic) bond motifs is 1. The van der Waals surface area contributed by atoms with E-state index in [9.17, 15) is 4.79 Å². The summed E-state index contributed by atoms with van der Waals surface area (Å²) in [6, 6.07) is 14.7. The Balaban J connectivity index is 1.36. The number of carbonyl (C=O) groups excluding carboxylic acids is 1. The van der Waals surface area contributed by atoms with Gasteiger partial charge in [-0.3, -0.25) is 9.69 Å². The second-order valence-electron chi connectivity index (χ2n) is 8.82. The Kier molecular flexibility index (Phi) is 6.43. The molecule has 30 heavy (non-hydrogen) atoms. The maximum atomic E-state index is 13.0. The molecular weight excluding hydrogens is 372 g/mol. The van der Waals surface area contributed by atoms with E-state index >= 15 is 0 Å². The molecule has 2 aromatic rings. The predicted octanol–water partition coefficient (Wildman–Crippen LogP) is 4.56. The first-order valence-corrected chi connectivity index (χ1v) is 11.4. The number of benzene rings is 2. The molecule has 4 heteroatoms. The molecule has 0 bridgehead atoms. The molecule has 1 atom stereocenters. The van der Waals surface area contributed by atoms with Gasteiger partial charge in [-0.25, -0.2) is 0 Å². The number of hydrogen-bond donors (Lipinski definition) is 0. The smallest absolute Gasteiger partial charge is 0.253 e. The monoisotopic (exact) mass is 406 g/mol. The van der Waals surface area contributed by atoms with Gasteiger partial charge in [-0.2, -0.15) is 0 Å². The van der Waals surface area contributed by atoms with Crippen molar-refractivity contribution in [2.45, 2.75) is 52.1 Å². The van der Waals surface area contributed by atoms with Gasteiger partial charge in [-0.05, 0) is 85.6 Å². The fourth-order valence-corrected chi connectivity index (χ4v) is 4.29. The average molecular weight is 407 g/mol. The van der Waals surface area contributed by atoms with E-state index in [1.54, 1.807) is 0 Å². The van der Waals surface area contributed by atoms with Crippen LogP contribution in [0, 0.1) is 5.92 Å². The third-order valence-electron chi connectivity index (χ3n) is 6.63. The van der Waals surface area contributed by atoms with Gasteiger partial charge < -0.3 is 9.64 Å². The Morgan fingerprint density at radius 2 is 1.70 bits per heavy atom. The Hall–Kier alpha value is -2.33. The molecule has 160 valence electrons. The van der Waals surface area contributed by atoms with E-state index in [1.807, 2.05) is 36.2 Å². The molecule has 0 aliphatic heterocycles.